The lowest BCUT2D eigenvalue weighted by Gasteiger charge is -2.03. The number of halogens is 1. The molecule has 17 heavy (non-hydrogen) atoms. The molecule has 1 N–H and O–H groups in total. The van der Waals surface area contributed by atoms with Gasteiger partial charge in [0.15, 0.2) is 0 Å². The summed E-state index contributed by atoms with van der Waals surface area (Å²) in [4.78, 5) is 11.9. The van der Waals surface area contributed by atoms with Gasteiger partial charge >= 0.3 is 0 Å². The maximum Gasteiger partial charge on any atom is 0.255 e. The maximum atomic E-state index is 11.9. The molecular weight excluding hydrogens is 282 g/mol. The summed E-state index contributed by atoms with van der Waals surface area (Å²) in [7, 11) is 1.81. The molecule has 0 aliphatic rings. The van der Waals surface area contributed by atoms with Crippen molar-refractivity contribution in [3.05, 3.63) is 47.8 Å². The van der Waals surface area contributed by atoms with Crippen LogP contribution in [0.15, 0.2) is 36.7 Å². The highest BCUT2D eigenvalue weighted by molar-refractivity contribution is 9.08. The smallest absolute Gasteiger partial charge is 0.255 e. The maximum absolute atomic E-state index is 11.9. The zero-order valence-electron chi connectivity index (χ0n) is 9.35. The molecule has 1 aromatic heterocycles. The van der Waals surface area contributed by atoms with Crippen LogP contribution < -0.4 is 5.32 Å². The van der Waals surface area contributed by atoms with E-state index in [-0.39, 0.29) is 5.91 Å². The molecule has 0 aliphatic heterocycles. The number of anilines is 1. The largest absolute Gasteiger partial charge is 0.319 e. The number of rotatable bonds is 3. The Bertz CT molecular complexity index is 519. The molecule has 0 bridgehead atoms. The lowest BCUT2D eigenvalue weighted by molar-refractivity contribution is 0.102. The Kier molecular flexibility index (Phi) is 3.58. The van der Waals surface area contributed by atoms with Crippen molar-refractivity contribution in [1.82, 2.24) is 9.78 Å². The van der Waals surface area contributed by atoms with Crippen LogP contribution in [0.1, 0.15) is 15.9 Å². The molecule has 0 radical (unpaired) electrons. The standard InChI is InChI=1S/C12H12BrN3O/c1-16-8-11(7-14-16)15-12(17)10-4-2-9(6-13)3-5-10/h2-5,7-8H,6H2,1H3,(H,15,17). The van der Waals surface area contributed by atoms with Crippen LogP contribution in [-0.4, -0.2) is 15.7 Å². The highest BCUT2D eigenvalue weighted by Gasteiger charge is 2.06. The molecule has 1 heterocycles. The summed E-state index contributed by atoms with van der Waals surface area (Å²) in [6.45, 7) is 0. The number of amides is 1. The fraction of sp³-hybridized carbons (Fsp3) is 0.167. The minimum atomic E-state index is -0.126. The molecule has 0 spiro atoms. The summed E-state index contributed by atoms with van der Waals surface area (Å²) in [5, 5.41) is 7.56. The van der Waals surface area contributed by atoms with Crippen molar-refractivity contribution < 1.29 is 4.79 Å². The molecule has 0 fully saturated rings. The van der Waals surface area contributed by atoms with Crippen LogP contribution in [0, 0.1) is 0 Å². The average molecular weight is 294 g/mol. The normalized spacial score (nSPS) is 10.2. The Hall–Kier alpha value is -1.62. The Morgan fingerprint density at radius 2 is 2.12 bits per heavy atom. The van der Waals surface area contributed by atoms with Crippen molar-refractivity contribution >= 4 is 27.5 Å². The number of nitrogens with zero attached hydrogens (tertiary/aromatic N) is 2. The second-order valence-electron chi connectivity index (χ2n) is 3.69. The van der Waals surface area contributed by atoms with Crippen LogP contribution in [0.2, 0.25) is 0 Å². The molecule has 1 amide bonds. The second kappa shape index (κ2) is 5.14. The molecule has 1 aromatic carbocycles. The van der Waals surface area contributed by atoms with Gasteiger partial charge in [0.2, 0.25) is 0 Å². The predicted octanol–water partition coefficient (Wildman–Crippen LogP) is 2.57. The van der Waals surface area contributed by atoms with E-state index in [9.17, 15) is 4.79 Å². The van der Waals surface area contributed by atoms with Gasteiger partial charge in [0.25, 0.3) is 5.91 Å². The van der Waals surface area contributed by atoms with Gasteiger partial charge in [-0.2, -0.15) is 5.10 Å². The van der Waals surface area contributed by atoms with E-state index in [0.717, 1.165) is 10.9 Å². The van der Waals surface area contributed by atoms with Gasteiger partial charge in [-0.25, -0.2) is 0 Å². The first kappa shape index (κ1) is 11.9. The zero-order valence-corrected chi connectivity index (χ0v) is 10.9. The Balaban J connectivity index is 2.09. The van der Waals surface area contributed by atoms with E-state index < -0.39 is 0 Å². The fourth-order valence-corrected chi connectivity index (χ4v) is 1.81. The van der Waals surface area contributed by atoms with Gasteiger partial charge in [0, 0.05) is 24.1 Å². The third-order valence-electron chi connectivity index (χ3n) is 2.33. The van der Waals surface area contributed by atoms with E-state index >= 15 is 0 Å². The number of aryl methyl sites for hydroxylation is 1. The van der Waals surface area contributed by atoms with E-state index in [2.05, 4.69) is 26.3 Å². The van der Waals surface area contributed by atoms with Crippen LogP contribution in [0.3, 0.4) is 0 Å². The third kappa shape index (κ3) is 2.94. The number of hydrogen-bond donors (Lipinski definition) is 1. The first-order chi connectivity index (χ1) is 8.19. The van der Waals surface area contributed by atoms with Crippen molar-refractivity contribution in [2.24, 2.45) is 7.05 Å². The van der Waals surface area contributed by atoms with Gasteiger partial charge in [-0.3, -0.25) is 9.48 Å². The molecule has 0 aliphatic carbocycles. The lowest BCUT2D eigenvalue weighted by atomic mass is 10.1. The van der Waals surface area contributed by atoms with Crippen molar-refractivity contribution in [2.75, 3.05) is 5.32 Å². The number of aromatic nitrogens is 2. The van der Waals surface area contributed by atoms with E-state index in [4.69, 9.17) is 0 Å². The predicted molar refractivity (Wildman–Crippen MR) is 70.2 cm³/mol. The molecule has 88 valence electrons. The first-order valence-corrected chi connectivity index (χ1v) is 6.26. The van der Waals surface area contributed by atoms with Gasteiger partial charge in [-0.05, 0) is 17.7 Å². The van der Waals surface area contributed by atoms with Crippen molar-refractivity contribution in [2.45, 2.75) is 5.33 Å². The molecule has 5 heteroatoms. The van der Waals surface area contributed by atoms with Gasteiger partial charge in [-0.15, -0.1) is 0 Å². The summed E-state index contributed by atoms with van der Waals surface area (Å²) in [5.74, 6) is -0.126. The van der Waals surface area contributed by atoms with E-state index in [1.54, 1.807) is 24.1 Å². The first-order valence-electron chi connectivity index (χ1n) is 5.14. The van der Waals surface area contributed by atoms with Crippen LogP contribution >= 0.6 is 15.9 Å². The summed E-state index contributed by atoms with van der Waals surface area (Å²) in [6.07, 6.45) is 3.37. The minimum Gasteiger partial charge on any atom is -0.319 e. The average Bonchev–Trinajstić information content (AvgIpc) is 2.75. The molecule has 0 saturated heterocycles. The van der Waals surface area contributed by atoms with Crippen molar-refractivity contribution in [1.29, 1.82) is 0 Å². The molecule has 4 nitrogen and oxygen atoms in total. The number of hydrogen-bond acceptors (Lipinski definition) is 2. The van der Waals surface area contributed by atoms with Gasteiger partial charge in [0.05, 0.1) is 11.9 Å². The second-order valence-corrected chi connectivity index (χ2v) is 4.25. The highest BCUT2D eigenvalue weighted by atomic mass is 79.9. The molecule has 0 saturated carbocycles. The van der Waals surface area contributed by atoms with Gasteiger partial charge in [0.1, 0.15) is 0 Å². The molecule has 2 rings (SSSR count). The Morgan fingerprint density at radius 3 is 2.65 bits per heavy atom. The van der Waals surface area contributed by atoms with Gasteiger partial charge in [-0.1, -0.05) is 28.1 Å². The van der Waals surface area contributed by atoms with E-state index in [0.29, 0.717) is 11.3 Å². The van der Waals surface area contributed by atoms with Gasteiger partial charge < -0.3 is 5.32 Å². The number of alkyl halides is 1. The summed E-state index contributed by atoms with van der Waals surface area (Å²) in [5.41, 5.74) is 2.48. The van der Waals surface area contributed by atoms with Crippen LogP contribution in [-0.2, 0) is 12.4 Å². The molecule has 0 unspecified atom stereocenters. The number of nitrogens with one attached hydrogen (secondary N) is 1. The lowest BCUT2D eigenvalue weighted by Crippen LogP contribution is -2.11. The van der Waals surface area contributed by atoms with E-state index in [1.165, 1.54) is 0 Å². The topological polar surface area (TPSA) is 46.9 Å². The Labute approximate surface area is 108 Å². The Morgan fingerprint density at radius 1 is 1.41 bits per heavy atom. The van der Waals surface area contributed by atoms with E-state index in [1.807, 2.05) is 24.3 Å². The number of carbonyl (C=O) groups is 1. The monoisotopic (exact) mass is 293 g/mol. The summed E-state index contributed by atoms with van der Waals surface area (Å²) >= 11 is 3.36. The van der Waals surface area contributed by atoms with Crippen molar-refractivity contribution in [3.63, 3.8) is 0 Å². The quantitative estimate of drug-likeness (QED) is 0.884. The molecule has 0 atom stereocenters. The summed E-state index contributed by atoms with van der Waals surface area (Å²) < 4.78 is 1.64. The molecule has 2 aromatic rings. The van der Waals surface area contributed by atoms with Crippen LogP contribution in [0.5, 0.6) is 0 Å². The van der Waals surface area contributed by atoms with Crippen molar-refractivity contribution in [3.8, 4) is 0 Å². The van der Waals surface area contributed by atoms with Crippen LogP contribution in [0.4, 0.5) is 5.69 Å². The molecular formula is C12H12BrN3O. The SMILES string of the molecule is Cn1cc(NC(=O)c2ccc(CBr)cc2)cn1. The summed E-state index contributed by atoms with van der Waals surface area (Å²) in [6, 6.07) is 7.46. The third-order valence-corrected chi connectivity index (χ3v) is 2.98. The zero-order chi connectivity index (χ0) is 12.3. The minimum absolute atomic E-state index is 0.126. The fourth-order valence-electron chi connectivity index (χ4n) is 1.43. The number of benzene rings is 1. The number of carbonyl (C=O) groups excluding carboxylic acids is 1. The van der Waals surface area contributed by atoms with Crippen LogP contribution in [0.25, 0.3) is 0 Å². The highest BCUT2D eigenvalue weighted by Crippen LogP contribution is 2.10.